The van der Waals surface area contributed by atoms with Crippen molar-refractivity contribution < 1.29 is 9.34 Å². The van der Waals surface area contributed by atoms with Crippen molar-refractivity contribution in [2.24, 2.45) is 0 Å². The first-order valence-corrected chi connectivity index (χ1v) is 9.78. The minimum atomic E-state index is -0.403. The van der Waals surface area contributed by atoms with Crippen LogP contribution in [0.2, 0.25) is 0 Å². The molecule has 5 aromatic rings. The van der Waals surface area contributed by atoms with Crippen LogP contribution >= 0.6 is 11.8 Å². The molecule has 0 N–H and O–H groups in total. The van der Waals surface area contributed by atoms with Crippen LogP contribution in [0.3, 0.4) is 0 Å². The Kier molecular flexibility index (Phi) is 4.49. The van der Waals surface area contributed by atoms with Crippen LogP contribution in [0.25, 0.3) is 28.0 Å². The van der Waals surface area contributed by atoms with Gasteiger partial charge in [0.15, 0.2) is 5.76 Å². The highest BCUT2D eigenvalue weighted by Crippen LogP contribution is 2.38. The monoisotopic (exact) mass is 415 g/mol. The normalized spacial score (nSPS) is 11.1. The van der Waals surface area contributed by atoms with E-state index in [-0.39, 0.29) is 5.69 Å². The van der Waals surface area contributed by atoms with Gasteiger partial charge in [-0.1, -0.05) is 18.2 Å². The lowest BCUT2D eigenvalue weighted by Gasteiger charge is -2.10. The van der Waals surface area contributed by atoms with Gasteiger partial charge in [-0.3, -0.25) is 19.7 Å². The van der Waals surface area contributed by atoms with Gasteiger partial charge in [0.1, 0.15) is 0 Å². The quantitative estimate of drug-likeness (QED) is 0.289. The highest BCUT2D eigenvalue weighted by atomic mass is 32.2. The third-order valence-corrected chi connectivity index (χ3v) is 5.57. The zero-order valence-corrected chi connectivity index (χ0v) is 16.2. The minimum Gasteiger partial charge on any atom is -0.461 e. The number of nitro benzene ring substituents is 1. The van der Waals surface area contributed by atoms with Crippen LogP contribution in [0.4, 0.5) is 5.69 Å². The van der Waals surface area contributed by atoms with Gasteiger partial charge in [0.2, 0.25) is 11.0 Å². The number of benzene rings is 2. The van der Waals surface area contributed by atoms with Gasteiger partial charge in [0, 0.05) is 34.4 Å². The Hall–Kier alpha value is -3.98. The van der Waals surface area contributed by atoms with Crippen LogP contribution < -0.4 is 0 Å². The van der Waals surface area contributed by atoms with E-state index in [0.717, 1.165) is 16.0 Å². The molecule has 0 radical (unpaired) electrons. The van der Waals surface area contributed by atoms with Gasteiger partial charge < -0.3 is 4.42 Å². The molecule has 5 rings (SSSR count). The summed E-state index contributed by atoms with van der Waals surface area (Å²) < 4.78 is 7.44. The van der Waals surface area contributed by atoms with E-state index >= 15 is 0 Å². The molecular formula is C21H13N5O3S. The van der Waals surface area contributed by atoms with Crippen LogP contribution in [0.15, 0.2) is 93.8 Å². The molecule has 0 aliphatic carbocycles. The Morgan fingerprint density at radius 3 is 2.60 bits per heavy atom. The van der Waals surface area contributed by atoms with E-state index in [1.165, 1.54) is 24.0 Å². The largest absolute Gasteiger partial charge is 0.461 e. The molecule has 8 nitrogen and oxygen atoms in total. The van der Waals surface area contributed by atoms with E-state index in [4.69, 9.17) is 4.42 Å². The van der Waals surface area contributed by atoms with Crippen molar-refractivity contribution in [3.05, 3.63) is 89.4 Å². The number of fused-ring (bicyclic) bond motifs is 1. The van der Waals surface area contributed by atoms with Crippen LogP contribution in [0, 0.1) is 10.1 Å². The summed E-state index contributed by atoms with van der Waals surface area (Å²) in [5, 5.41) is 21.9. The second kappa shape index (κ2) is 7.45. The van der Waals surface area contributed by atoms with Crippen LogP contribution in [-0.4, -0.2) is 24.7 Å². The van der Waals surface area contributed by atoms with Gasteiger partial charge in [-0.25, -0.2) is 0 Å². The van der Waals surface area contributed by atoms with E-state index < -0.39 is 4.92 Å². The summed E-state index contributed by atoms with van der Waals surface area (Å²) in [6.07, 6.45) is 4.71. The fraction of sp³-hybridized carbons (Fsp3) is 0. The van der Waals surface area contributed by atoms with Gasteiger partial charge in [-0.05, 0) is 48.2 Å². The maximum Gasteiger partial charge on any atom is 0.278 e. The first-order valence-electron chi connectivity index (χ1n) is 8.96. The Balaban J connectivity index is 1.67. The summed E-state index contributed by atoms with van der Waals surface area (Å²) in [7, 11) is 0. The number of hydrogen-bond donors (Lipinski definition) is 0. The summed E-state index contributed by atoms with van der Waals surface area (Å²) in [4.78, 5) is 15.9. The van der Waals surface area contributed by atoms with E-state index in [9.17, 15) is 10.1 Å². The standard InChI is InChI=1S/C21H13N5O3S/c27-26(28)17-8-9-19(15-10-11-22-13-16(15)17)30-21-24-23-20(18-7-4-12-29-18)25(21)14-5-2-1-3-6-14/h1-13H. The van der Waals surface area contributed by atoms with Crippen molar-refractivity contribution in [3.63, 3.8) is 0 Å². The molecule has 0 atom stereocenters. The molecule has 0 bridgehead atoms. The third kappa shape index (κ3) is 3.11. The Morgan fingerprint density at radius 1 is 0.967 bits per heavy atom. The van der Waals surface area contributed by atoms with E-state index in [0.29, 0.717) is 22.1 Å². The zero-order valence-electron chi connectivity index (χ0n) is 15.4. The average molecular weight is 415 g/mol. The van der Waals surface area contributed by atoms with Crippen molar-refractivity contribution >= 4 is 28.2 Å². The van der Waals surface area contributed by atoms with Crippen LogP contribution in [-0.2, 0) is 0 Å². The maximum absolute atomic E-state index is 11.4. The number of pyridine rings is 1. The molecule has 3 aromatic heterocycles. The van der Waals surface area contributed by atoms with Crippen molar-refractivity contribution in [1.29, 1.82) is 0 Å². The van der Waals surface area contributed by atoms with E-state index in [2.05, 4.69) is 15.2 Å². The highest BCUT2D eigenvalue weighted by molar-refractivity contribution is 7.99. The summed E-state index contributed by atoms with van der Waals surface area (Å²) >= 11 is 1.37. The second-order valence-electron chi connectivity index (χ2n) is 6.32. The lowest BCUT2D eigenvalue weighted by molar-refractivity contribution is -0.383. The molecular weight excluding hydrogens is 402 g/mol. The number of nitrogens with zero attached hydrogens (tertiary/aromatic N) is 5. The zero-order chi connectivity index (χ0) is 20.5. The first-order chi connectivity index (χ1) is 14.7. The summed E-state index contributed by atoms with van der Waals surface area (Å²) in [5.74, 6) is 1.16. The summed E-state index contributed by atoms with van der Waals surface area (Å²) in [6.45, 7) is 0. The van der Waals surface area contributed by atoms with Gasteiger partial charge in [-0.2, -0.15) is 0 Å². The lowest BCUT2D eigenvalue weighted by atomic mass is 10.1. The lowest BCUT2D eigenvalue weighted by Crippen LogP contribution is -1.99. The molecule has 9 heteroatoms. The molecule has 3 heterocycles. The molecule has 0 unspecified atom stereocenters. The first kappa shape index (κ1) is 18.1. The minimum absolute atomic E-state index is 0.0169. The average Bonchev–Trinajstić information content (AvgIpc) is 3.44. The van der Waals surface area contributed by atoms with Crippen molar-refractivity contribution in [2.45, 2.75) is 10.1 Å². The van der Waals surface area contributed by atoms with Crippen molar-refractivity contribution in [3.8, 4) is 17.3 Å². The SMILES string of the molecule is O=[N+]([O-])c1ccc(Sc2nnc(-c3ccco3)n2-c2ccccc2)c2ccncc12. The van der Waals surface area contributed by atoms with E-state index in [1.54, 1.807) is 30.7 Å². The highest BCUT2D eigenvalue weighted by Gasteiger charge is 2.21. The Labute approximate surface area is 174 Å². The number of rotatable bonds is 5. The van der Waals surface area contributed by atoms with Gasteiger partial charge >= 0.3 is 0 Å². The fourth-order valence-electron chi connectivity index (χ4n) is 3.21. The summed E-state index contributed by atoms with van der Waals surface area (Å²) in [6, 6.07) is 18.3. The molecule has 0 saturated carbocycles. The molecule has 0 fully saturated rings. The van der Waals surface area contributed by atoms with Crippen molar-refractivity contribution in [2.75, 3.05) is 0 Å². The Bertz CT molecular complexity index is 1350. The van der Waals surface area contributed by atoms with Gasteiger partial charge in [0.25, 0.3) is 5.69 Å². The molecule has 0 amide bonds. The molecule has 0 aliphatic rings. The number of furan rings is 1. The summed E-state index contributed by atoms with van der Waals surface area (Å²) in [5.41, 5.74) is 0.896. The Morgan fingerprint density at radius 2 is 1.83 bits per heavy atom. The number of non-ortho nitro benzene ring substituents is 1. The molecule has 30 heavy (non-hydrogen) atoms. The molecule has 0 spiro atoms. The second-order valence-corrected chi connectivity index (χ2v) is 7.33. The predicted octanol–water partition coefficient (Wildman–Crippen LogP) is 5.13. The van der Waals surface area contributed by atoms with Crippen LogP contribution in [0.5, 0.6) is 0 Å². The topological polar surface area (TPSA) is 99.9 Å². The van der Waals surface area contributed by atoms with E-state index in [1.807, 2.05) is 41.0 Å². The maximum atomic E-state index is 11.4. The molecule has 146 valence electrons. The van der Waals surface area contributed by atoms with Crippen molar-refractivity contribution in [1.82, 2.24) is 19.7 Å². The smallest absolute Gasteiger partial charge is 0.278 e. The predicted molar refractivity (Wildman–Crippen MR) is 112 cm³/mol. The third-order valence-electron chi connectivity index (χ3n) is 4.54. The fourth-order valence-corrected chi connectivity index (χ4v) is 4.19. The number of hydrogen-bond acceptors (Lipinski definition) is 7. The number of aromatic nitrogens is 4. The molecule has 0 aliphatic heterocycles. The number of nitro groups is 1. The van der Waals surface area contributed by atoms with Crippen LogP contribution in [0.1, 0.15) is 0 Å². The van der Waals surface area contributed by atoms with Gasteiger partial charge in [0.05, 0.1) is 16.6 Å². The molecule has 0 saturated heterocycles. The van der Waals surface area contributed by atoms with Gasteiger partial charge in [-0.15, -0.1) is 10.2 Å². The molecule has 2 aromatic carbocycles. The number of para-hydroxylation sites is 1.